The summed E-state index contributed by atoms with van der Waals surface area (Å²) in [5.41, 5.74) is 5.47. The third-order valence-corrected chi connectivity index (χ3v) is 3.47. The second-order valence-electron chi connectivity index (χ2n) is 5.49. The van der Waals surface area contributed by atoms with Crippen LogP contribution in [-0.2, 0) is 6.54 Å². The number of aryl methyl sites for hydroxylation is 1. The first-order chi connectivity index (χ1) is 12.2. The maximum absolute atomic E-state index is 9.72. The first-order valence-corrected chi connectivity index (χ1v) is 7.91. The zero-order chi connectivity index (χ0) is 17.5. The van der Waals surface area contributed by atoms with Crippen molar-refractivity contribution < 1.29 is 5.11 Å². The number of hydrogen-bond donors (Lipinski definition) is 3. The van der Waals surface area contributed by atoms with Gasteiger partial charge < -0.3 is 10.4 Å². The van der Waals surface area contributed by atoms with Crippen LogP contribution in [-0.4, -0.2) is 21.3 Å². The quantitative estimate of drug-likeness (QED) is 0.475. The van der Waals surface area contributed by atoms with E-state index in [1.54, 1.807) is 30.5 Å². The molecule has 1 aromatic heterocycles. The summed E-state index contributed by atoms with van der Waals surface area (Å²) < 4.78 is 0. The molecule has 0 aliphatic rings. The number of nitrogens with zero attached hydrogens (tertiary/aromatic N) is 3. The molecule has 3 rings (SSSR count). The number of hydrogen-bond acceptors (Lipinski definition) is 6. The van der Waals surface area contributed by atoms with E-state index >= 15 is 0 Å². The highest BCUT2D eigenvalue weighted by atomic mass is 16.3. The van der Waals surface area contributed by atoms with Gasteiger partial charge in [-0.05, 0) is 24.6 Å². The Bertz CT molecular complexity index is 865. The van der Waals surface area contributed by atoms with E-state index in [4.69, 9.17) is 0 Å². The molecule has 1 heterocycles. The normalized spacial score (nSPS) is 10.8. The highest BCUT2D eigenvalue weighted by Gasteiger charge is 2.02. The summed E-state index contributed by atoms with van der Waals surface area (Å²) in [7, 11) is 0. The van der Waals surface area contributed by atoms with Crippen molar-refractivity contribution in [3.8, 4) is 5.75 Å². The van der Waals surface area contributed by atoms with Crippen LogP contribution in [0.5, 0.6) is 5.75 Å². The summed E-state index contributed by atoms with van der Waals surface area (Å²) in [6.45, 7) is 2.54. The van der Waals surface area contributed by atoms with Crippen LogP contribution >= 0.6 is 0 Å². The predicted molar refractivity (Wildman–Crippen MR) is 99.9 cm³/mol. The largest absolute Gasteiger partial charge is 0.507 e. The van der Waals surface area contributed by atoms with E-state index < -0.39 is 0 Å². The van der Waals surface area contributed by atoms with Gasteiger partial charge in [0, 0.05) is 23.9 Å². The van der Waals surface area contributed by atoms with E-state index in [1.807, 2.05) is 43.3 Å². The highest BCUT2D eigenvalue weighted by molar-refractivity contribution is 5.83. The van der Waals surface area contributed by atoms with Gasteiger partial charge >= 0.3 is 0 Å². The number of para-hydroxylation sites is 1. The fourth-order valence-electron chi connectivity index (χ4n) is 2.25. The van der Waals surface area contributed by atoms with Crippen LogP contribution in [0.15, 0.2) is 65.8 Å². The standard InChI is InChI=1S/C19H19N5O/c1-14-11-18(24-21-13-16-9-5-6-10-17(16)25)23-19(22-14)20-12-15-7-3-2-4-8-15/h2-11,13,25H,12H2,1H3,(H2,20,22,23,24)/b21-13+. The predicted octanol–water partition coefficient (Wildman–Crippen LogP) is 3.55. The highest BCUT2D eigenvalue weighted by Crippen LogP contribution is 2.14. The van der Waals surface area contributed by atoms with Gasteiger partial charge in [-0.3, -0.25) is 5.43 Å². The number of hydrazone groups is 1. The molecule has 0 unspecified atom stereocenters. The fraction of sp³-hybridized carbons (Fsp3) is 0.105. The molecule has 126 valence electrons. The molecule has 0 spiro atoms. The zero-order valence-electron chi connectivity index (χ0n) is 13.8. The van der Waals surface area contributed by atoms with E-state index in [0.717, 1.165) is 11.3 Å². The third kappa shape index (κ3) is 4.78. The van der Waals surface area contributed by atoms with Gasteiger partial charge in [-0.2, -0.15) is 10.1 Å². The van der Waals surface area contributed by atoms with Gasteiger partial charge in [-0.25, -0.2) is 4.98 Å². The zero-order valence-corrected chi connectivity index (χ0v) is 13.8. The van der Waals surface area contributed by atoms with Crippen LogP contribution in [0.25, 0.3) is 0 Å². The molecule has 0 amide bonds. The Morgan fingerprint density at radius 2 is 1.80 bits per heavy atom. The molecule has 0 saturated carbocycles. The number of aromatic nitrogens is 2. The molecular formula is C19H19N5O. The molecule has 0 radical (unpaired) electrons. The van der Waals surface area contributed by atoms with Gasteiger partial charge in [0.2, 0.25) is 5.95 Å². The first-order valence-electron chi connectivity index (χ1n) is 7.91. The number of phenols is 1. The number of aromatic hydroxyl groups is 1. The lowest BCUT2D eigenvalue weighted by Gasteiger charge is -2.08. The van der Waals surface area contributed by atoms with Gasteiger partial charge in [-0.1, -0.05) is 42.5 Å². The summed E-state index contributed by atoms with van der Waals surface area (Å²) in [6, 6.07) is 18.8. The number of phenolic OH excluding ortho intramolecular Hbond substituents is 1. The van der Waals surface area contributed by atoms with Crippen molar-refractivity contribution in [2.75, 3.05) is 10.7 Å². The van der Waals surface area contributed by atoms with Gasteiger partial charge in [0.05, 0.1) is 6.21 Å². The molecule has 3 aromatic rings. The van der Waals surface area contributed by atoms with Crippen LogP contribution in [0.1, 0.15) is 16.8 Å². The number of benzene rings is 2. The monoisotopic (exact) mass is 333 g/mol. The lowest BCUT2D eigenvalue weighted by molar-refractivity contribution is 0.474. The molecule has 6 heteroatoms. The van der Waals surface area contributed by atoms with E-state index in [9.17, 15) is 5.11 Å². The van der Waals surface area contributed by atoms with E-state index in [1.165, 1.54) is 0 Å². The van der Waals surface area contributed by atoms with E-state index in [2.05, 4.69) is 25.8 Å². The van der Waals surface area contributed by atoms with Crippen molar-refractivity contribution in [1.82, 2.24) is 9.97 Å². The average molecular weight is 333 g/mol. The smallest absolute Gasteiger partial charge is 0.225 e. The maximum Gasteiger partial charge on any atom is 0.225 e. The van der Waals surface area contributed by atoms with Gasteiger partial charge in [-0.15, -0.1) is 0 Å². The second kappa shape index (κ2) is 7.92. The minimum Gasteiger partial charge on any atom is -0.507 e. The number of nitrogens with one attached hydrogen (secondary N) is 2. The Balaban J connectivity index is 1.66. The lowest BCUT2D eigenvalue weighted by atomic mass is 10.2. The van der Waals surface area contributed by atoms with Gasteiger partial charge in [0.25, 0.3) is 0 Å². The summed E-state index contributed by atoms with van der Waals surface area (Å²) in [4.78, 5) is 8.77. The fourth-order valence-corrected chi connectivity index (χ4v) is 2.25. The van der Waals surface area contributed by atoms with Crippen molar-refractivity contribution in [2.45, 2.75) is 13.5 Å². The summed E-state index contributed by atoms with van der Waals surface area (Å²) in [5, 5.41) is 17.0. The van der Waals surface area contributed by atoms with Crippen molar-refractivity contribution in [1.29, 1.82) is 0 Å². The van der Waals surface area contributed by atoms with Crippen LogP contribution in [0, 0.1) is 6.92 Å². The van der Waals surface area contributed by atoms with Crippen molar-refractivity contribution in [3.05, 3.63) is 77.5 Å². The van der Waals surface area contributed by atoms with E-state index in [-0.39, 0.29) is 5.75 Å². The molecule has 2 aromatic carbocycles. The molecule has 0 bridgehead atoms. The van der Waals surface area contributed by atoms with Crippen LogP contribution in [0.3, 0.4) is 0 Å². The van der Waals surface area contributed by atoms with Crippen LogP contribution < -0.4 is 10.7 Å². The van der Waals surface area contributed by atoms with E-state index in [0.29, 0.717) is 23.9 Å². The molecule has 0 aliphatic heterocycles. The molecule has 0 atom stereocenters. The van der Waals surface area contributed by atoms with Crippen molar-refractivity contribution in [2.24, 2.45) is 5.10 Å². The van der Waals surface area contributed by atoms with Crippen molar-refractivity contribution >= 4 is 18.0 Å². The molecule has 0 saturated heterocycles. The second-order valence-corrected chi connectivity index (χ2v) is 5.49. The lowest BCUT2D eigenvalue weighted by Crippen LogP contribution is -2.06. The van der Waals surface area contributed by atoms with Gasteiger partial charge in [0.1, 0.15) is 5.75 Å². The molecule has 25 heavy (non-hydrogen) atoms. The summed E-state index contributed by atoms with van der Waals surface area (Å²) in [5.74, 6) is 1.29. The minimum atomic E-state index is 0.178. The first kappa shape index (κ1) is 16.4. The average Bonchev–Trinajstić information content (AvgIpc) is 2.62. The number of anilines is 2. The SMILES string of the molecule is Cc1cc(N/N=C/c2ccccc2O)nc(NCc2ccccc2)n1. The molecule has 6 nitrogen and oxygen atoms in total. The molecular weight excluding hydrogens is 314 g/mol. The van der Waals surface area contributed by atoms with Crippen LogP contribution in [0.4, 0.5) is 11.8 Å². The Morgan fingerprint density at radius 1 is 1.04 bits per heavy atom. The molecule has 0 fully saturated rings. The summed E-state index contributed by atoms with van der Waals surface area (Å²) in [6.07, 6.45) is 1.55. The molecule has 0 aliphatic carbocycles. The number of rotatable bonds is 6. The Labute approximate surface area is 146 Å². The third-order valence-electron chi connectivity index (χ3n) is 3.47. The van der Waals surface area contributed by atoms with Gasteiger partial charge in [0.15, 0.2) is 5.82 Å². The topological polar surface area (TPSA) is 82.4 Å². The van der Waals surface area contributed by atoms with Crippen molar-refractivity contribution in [3.63, 3.8) is 0 Å². The molecule has 3 N–H and O–H groups in total. The van der Waals surface area contributed by atoms with Crippen LogP contribution in [0.2, 0.25) is 0 Å². The minimum absolute atomic E-state index is 0.178. The summed E-state index contributed by atoms with van der Waals surface area (Å²) >= 11 is 0. The Kier molecular flexibility index (Phi) is 5.21. The maximum atomic E-state index is 9.72. The Hall–Kier alpha value is -3.41. The Morgan fingerprint density at radius 3 is 2.60 bits per heavy atom.